The quantitative estimate of drug-likeness (QED) is 0.810. The van der Waals surface area contributed by atoms with Gasteiger partial charge in [-0.3, -0.25) is 0 Å². The van der Waals surface area contributed by atoms with Gasteiger partial charge in [-0.1, -0.05) is 24.3 Å². The molecule has 1 unspecified atom stereocenters. The van der Waals surface area contributed by atoms with Gasteiger partial charge in [0.15, 0.2) is 0 Å². The van der Waals surface area contributed by atoms with Crippen molar-refractivity contribution in [3.8, 4) is 0 Å². The first kappa shape index (κ1) is 12.6. The third kappa shape index (κ3) is 3.55. The molecule has 1 fully saturated rings. The van der Waals surface area contributed by atoms with Crippen molar-refractivity contribution in [2.75, 3.05) is 20.6 Å². The summed E-state index contributed by atoms with van der Waals surface area (Å²) in [6.45, 7) is 4.40. The van der Waals surface area contributed by atoms with Crippen LogP contribution in [0, 0.1) is 12.8 Å². The van der Waals surface area contributed by atoms with Crippen LogP contribution in [0.1, 0.15) is 24.0 Å². The summed E-state index contributed by atoms with van der Waals surface area (Å²) in [6.07, 6.45) is 2.81. The average Bonchev–Trinajstić information content (AvgIpc) is 3.13. The topological polar surface area (TPSA) is 15.3 Å². The maximum Gasteiger partial charge on any atom is 0.0233 e. The van der Waals surface area contributed by atoms with Crippen LogP contribution in [-0.2, 0) is 6.54 Å². The van der Waals surface area contributed by atoms with Crippen LogP contribution in [0.5, 0.6) is 0 Å². The van der Waals surface area contributed by atoms with E-state index < -0.39 is 0 Å². The van der Waals surface area contributed by atoms with E-state index in [9.17, 15) is 0 Å². The highest BCUT2D eigenvalue weighted by Gasteiger charge is 2.30. The Hall–Kier alpha value is -0.860. The van der Waals surface area contributed by atoms with Crippen LogP contribution >= 0.6 is 0 Å². The Kier molecular flexibility index (Phi) is 4.19. The fourth-order valence-corrected chi connectivity index (χ4v) is 2.45. The number of hydrogen-bond donors (Lipinski definition) is 1. The highest BCUT2D eigenvalue weighted by atomic mass is 15.1. The zero-order chi connectivity index (χ0) is 12.3. The Labute approximate surface area is 105 Å². The van der Waals surface area contributed by atoms with Crippen molar-refractivity contribution in [2.45, 2.75) is 32.4 Å². The van der Waals surface area contributed by atoms with Gasteiger partial charge in [0, 0.05) is 19.1 Å². The molecule has 1 aromatic rings. The van der Waals surface area contributed by atoms with E-state index in [1.165, 1.54) is 24.0 Å². The van der Waals surface area contributed by atoms with Crippen molar-refractivity contribution in [3.05, 3.63) is 35.4 Å². The number of aryl methyl sites for hydroxylation is 1. The Bertz CT molecular complexity index is 358. The lowest BCUT2D eigenvalue weighted by molar-refractivity contribution is 0.273. The van der Waals surface area contributed by atoms with Crippen LogP contribution in [0.25, 0.3) is 0 Å². The maximum atomic E-state index is 3.45. The van der Waals surface area contributed by atoms with Gasteiger partial charge in [-0.05, 0) is 50.9 Å². The second kappa shape index (κ2) is 5.65. The van der Waals surface area contributed by atoms with E-state index in [0.29, 0.717) is 6.04 Å². The van der Waals surface area contributed by atoms with Gasteiger partial charge in [-0.15, -0.1) is 0 Å². The molecule has 2 rings (SSSR count). The molecule has 0 spiro atoms. The van der Waals surface area contributed by atoms with Crippen molar-refractivity contribution >= 4 is 0 Å². The Morgan fingerprint density at radius 2 is 2.06 bits per heavy atom. The molecular formula is C15H24N2. The van der Waals surface area contributed by atoms with E-state index in [0.717, 1.165) is 19.0 Å². The highest BCUT2D eigenvalue weighted by molar-refractivity contribution is 5.25. The average molecular weight is 232 g/mol. The van der Waals surface area contributed by atoms with Crippen LogP contribution in [-0.4, -0.2) is 31.6 Å². The third-order valence-corrected chi connectivity index (χ3v) is 3.77. The number of hydrogen-bond acceptors (Lipinski definition) is 2. The zero-order valence-corrected chi connectivity index (χ0v) is 11.2. The summed E-state index contributed by atoms with van der Waals surface area (Å²) in [4.78, 5) is 2.43. The fourth-order valence-electron chi connectivity index (χ4n) is 2.45. The predicted molar refractivity (Wildman–Crippen MR) is 73.1 cm³/mol. The third-order valence-electron chi connectivity index (χ3n) is 3.77. The molecule has 1 aliphatic carbocycles. The van der Waals surface area contributed by atoms with Crippen LogP contribution in [0.2, 0.25) is 0 Å². The number of rotatable bonds is 6. The molecule has 1 N–H and O–H groups in total. The first-order valence-electron chi connectivity index (χ1n) is 6.61. The summed E-state index contributed by atoms with van der Waals surface area (Å²) in [5.74, 6) is 0.916. The number of benzene rings is 1. The normalized spacial score (nSPS) is 17.4. The molecule has 0 aliphatic heterocycles. The molecule has 0 radical (unpaired) electrons. The molecule has 94 valence electrons. The van der Waals surface area contributed by atoms with E-state index >= 15 is 0 Å². The molecule has 1 atom stereocenters. The van der Waals surface area contributed by atoms with Gasteiger partial charge in [0.25, 0.3) is 0 Å². The summed E-state index contributed by atoms with van der Waals surface area (Å²) in [5.41, 5.74) is 2.84. The van der Waals surface area contributed by atoms with Crippen molar-refractivity contribution in [1.29, 1.82) is 0 Å². The van der Waals surface area contributed by atoms with Crippen LogP contribution in [0.15, 0.2) is 24.3 Å². The Morgan fingerprint density at radius 3 is 2.65 bits per heavy atom. The molecule has 2 nitrogen and oxygen atoms in total. The number of nitrogens with one attached hydrogen (secondary N) is 1. The summed E-state index contributed by atoms with van der Waals surface area (Å²) >= 11 is 0. The molecule has 0 heterocycles. The van der Waals surface area contributed by atoms with Gasteiger partial charge in [0.05, 0.1) is 0 Å². The summed E-state index contributed by atoms with van der Waals surface area (Å²) < 4.78 is 0. The van der Waals surface area contributed by atoms with E-state index in [1.807, 2.05) is 0 Å². The van der Waals surface area contributed by atoms with Crippen molar-refractivity contribution in [1.82, 2.24) is 10.2 Å². The van der Waals surface area contributed by atoms with Crippen molar-refractivity contribution < 1.29 is 0 Å². The number of likely N-dealkylation sites (N-methyl/N-ethyl adjacent to an activating group) is 2. The summed E-state index contributed by atoms with van der Waals surface area (Å²) in [7, 11) is 4.31. The molecule has 17 heavy (non-hydrogen) atoms. The van der Waals surface area contributed by atoms with Gasteiger partial charge < -0.3 is 10.2 Å². The van der Waals surface area contributed by atoms with Crippen LogP contribution in [0.3, 0.4) is 0 Å². The lowest BCUT2D eigenvalue weighted by atomic mass is 10.1. The molecule has 1 aliphatic rings. The number of nitrogens with zero attached hydrogens (tertiary/aromatic N) is 1. The molecule has 0 bridgehead atoms. The van der Waals surface area contributed by atoms with E-state index in [-0.39, 0.29) is 0 Å². The van der Waals surface area contributed by atoms with E-state index in [4.69, 9.17) is 0 Å². The standard InChI is InChI=1S/C15H24N2/c1-12-6-4-5-7-14(12)10-17(3)11-15(16-2)13-8-9-13/h4-7,13,15-16H,8-11H2,1-3H3. The van der Waals surface area contributed by atoms with Gasteiger partial charge in [-0.25, -0.2) is 0 Å². The summed E-state index contributed by atoms with van der Waals surface area (Å²) in [5, 5.41) is 3.45. The van der Waals surface area contributed by atoms with Crippen LogP contribution < -0.4 is 5.32 Å². The van der Waals surface area contributed by atoms with E-state index in [1.54, 1.807) is 0 Å². The van der Waals surface area contributed by atoms with Gasteiger partial charge >= 0.3 is 0 Å². The smallest absolute Gasteiger partial charge is 0.0233 e. The predicted octanol–water partition coefficient (Wildman–Crippen LogP) is 2.42. The Balaban J connectivity index is 1.88. The van der Waals surface area contributed by atoms with Gasteiger partial charge in [0.1, 0.15) is 0 Å². The maximum absolute atomic E-state index is 3.45. The second-order valence-electron chi connectivity index (χ2n) is 5.36. The summed E-state index contributed by atoms with van der Waals surface area (Å²) in [6, 6.07) is 9.34. The second-order valence-corrected chi connectivity index (χ2v) is 5.36. The lowest BCUT2D eigenvalue weighted by Crippen LogP contribution is -2.39. The highest BCUT2D eigenvalue weighted by Crippen LogP contribution is 2.32. The minimum Gasteiger partial charge on any atom is -0.315 e. The first-order valence-corrected chi connectivity index (χ1v) is 6.61. The van der Waals surface area contributed by atoms with Crippen molar-refractivity contribution in [2.24, 2.45) is 5.92 Å². The molecule has 0 aromatic heterocycles. The zero-order valence-electron chi connectivity index (χ0n) is 11.2. The monoisotopic (exact) mass is 232 g/mol. The molecule has 1 aromatic carbocycles. The van der Waals surface area contributed by atoms with Crippen LogP contribution in [0.4, 0.5) is 0 Å². The molecule has 0 amide bonds. The minimum absolute atomic E-state index is 0.670. The molecule has 1 saturated carbocycles. The van der Waals surface area contributed by atoms with Gasteiger partial charge in [-0.2, -0.15) is 0 Å². The fraction of sp³-hybridized carbons (Fsp3) is 0.600. The minimum atomic E-state index is 0.670. The SMILES string of the molecule is CNC(CN(C)Cc1ccccc1C)C1CC1. The largest absolute Gasteiger partial charge is 0.315 e. The first-order chi connectivity index (χ1) is 8.20. The van der Waals surface area contributed by atoms with Gasteiger partial charge in [0.2, 0.25) is 0 Å². The molecule has 2 heteroatoms. The van der Waals surface area contributed by atoms with E-state index in [2.05, 4.69) is 55.5 Å². The molecular weight excluding hydrogens is 208 g/mol. The van der Waals surface area contributed by atoms with Crippen molar-refractivity contribution in [3.63, 3.8) is 0 Å². The Morgan fingerprint density at radius 1 is 1.35 bits per heavy atom. The lowest BCUT2D eigenvalue weighted by Gasteiger charge is -2.24. The molecule has 0 saturated heterocycles.